The Balaban J connectivity index is 1.61. The SMILES string of the molecule is NCCCC[C@H](N)C(=O)OC(=O)[C@@H]1C[C@H]2CCC[C@H]2N1C(=O)OCc1ccccc1. The minimum Gasteiger partial charge on any atom is -0.445 e. The average molecular weight is 418 g/mol. The van der Waals surface area contributed by atoms with E-state index in [1.807, 2.05) is 30.3 Å². The number of carbonyl (C=O) groups is 3. The summed E-state index contributed by atoms with van der Waals surface area (Å²) in [7, 11) is 0. The van der Waals surface area contributed by atoms with Gasteiger partial charge >= 0.3 is 18.0 Å². The first-order valence-electron chi connectivity index (χ1n) is 10.7. The van der Waals surface area contributed by atoms with Crippen LogP contribution in [0.5, 0.6) is 0 Å². The number of fused-ring (bicyclic) bond motifs is 1. The van der Waals surface area contributed by atoms with Crippen molar-refractivity contribution in [2.75, 3.05) is 6.54 Å². The highest BCUT2D eigenvalue weighted by atomic mass is 16.6. The van der Waals surface area contributed by atoms with E-state index < -0.39 is 30.1 Å². The van der Waals surface area contributed by atoms with Crippen LogP contribution in [-0.4, -0.2) is 47.6 Å². The number of hydrogen-bond acceptors (Lipinski definition) is 7. The molecular formula is C22H31N3O5. The summed E-state index contributed by atoms with van der Waals surface area (Å²) in [6, 6.07) is 7.61. The van der Waals surface area contributed by atoms with E-state index in [9.17, 15) is 14.4 Å². The number of amides is 1. The second kappa shape index (κ2) is 10.5. The van der Waals surface area contributed by atoms with Crippen molar-refractivity contribution < 1.29 is 23.9 Å². The van der Waals surface area contributed by atoms with Crippen LogP contribution in [0.15, 0.2) is 30.3 Å². The predicted octanol–water partition coefficient (Wildman–Crippen LogP) is 2.09. The summed E-state index contributed by atoms with van der Waals surface area (Å²) in [6.45, 7) is 0.645. The molecule has 1 aromatic carbocycles. The summed E-state index contributed by atoms with van der Waals surface area (Å²) in [5.74, 6) is -1.26. The number of rotatable bonds is 8. The van der Waals surface area contributed by atoms with E-state index in [4.69, 9.17) is 20.9 Å². The Labute approximate surface area is 176 Å². The summed E-state index contributed by atoms with van der Waals surface area (Å²) < 4.78 is 10.5. The van der Waals surface area contributed by atoms with Gasteiger partial charge in [0.15, 0.2) is 0 Å². The standard InChI is InChI=1S/C22H31N3O5/c23-12-5-4-10-17(24)20(26)30-21(27)19-13-16-9-6-11-18(16)25(19)22(28)29-14-15-7-2-1-3-8-15/h1-3,7-8,16-19H,4-6,9-14,23-24H2/t16-,17+,18-,19+/m1/s1. The van der Waals surface area contributed by atoms with Crippen LogP contribution in [-0.2, 0) is 25.7 Å². The third-order valence-corrected chi connectivity index (χ3v) is 6.00. The summed E-state index contributed by atoms with van der Waals surface area (Å²) in [4.78, 5) is 39.3. The average Bonchev–Trinajstić information content (AvgIpc) is 3.34. The third-order valence-electron chi connectivity index (χ3n) is 6.00. The first-order valence-corrected chi connectivity index (χ1v) is 10.7. The van der Waals surface area contributed by atoms with Gasteiger partial charge < -0.3 is 20.9 Å². The van der Waals surface area contributed by atoms with Crippen molar-refractivity contribution in [3.8, 4) is 0 Å². The highest BCUT2D eigenvalue weighted by molar-refractivity contribution is 5.92. The van der Waals surface area contributed by atoms with Crippen LogP contribution >= 0.6 is 0 Å². The molecule has 0 radical (unpaired) electrons. The maximum absolute atomic E-state index is 12.8. The fraction of sp³-hybridized carbons (Fsp3) is 0.591. The molecule has 3 rings (SSSR count). The van der Waals surface area contributed by atoms with Crippen molar-refractivity contribution in [2.24, 2.45) is 17.4 Å². The van der Waals surface area contributed by atoms with Crippen molar-refractivity contribution in [1.82, 2.24) is 4.90 Å². The zero-order valence-corrected chi connectivity index (χ0v) is 17.2. The van der Waals surface area contributed by atoms with Crippen LogP contribution in [0.2, 0.25) is 0 Å². The number of esters is 2. The quantitative estimate of drug-likeness (QED) is 0.377. The molecule has 0 unspecified atom stereocenters. The molecule has 1 heterocycles. The molecule has 0 spiro atoms. The van der Waals surface area contributed by atoms with E-state index >= 15 is 0 Å². The van der Waals surface area contributed by atoms with Gasteiger partial charge in [0.25, 0.3) is 0 Å². The number of hydrogen-bond donors (Lipinski definition) is 2. The highest BCUT2D eigenvalue weighted by Crippen LogP contribution is 2.42. The summed E-state index contributed by atoms with van der Waals surface area (Å²) in [5.41, 5.74) is 12.1. The van der Waals surface area contributed by atoms with Crippen molar-refractivity contribution >= 4 is 18.0 Å². The van der Waals surface area contributed by atoms with Gasteiger partial charge in [0.1, 0.15) is 18.7 Å². The maximum Gasteiger partial charge on any atom is 0.411 e. The molecule has 1 aromatic rings. The molecule has 0 aromatic heterocycles. The molecule has 30 heavy (non-hydrogen) atoms. The molecule has 4 N–H and O–H groups in total. The van der Waals surface area contributed by atoms with Crippen LogP contribution in [0.1, 0.15) is 50.5 Å². The van der Waals surface area contributed by atoms with E-state index in [1.165, 1.54) is 4.90 Å². The predicted molar refractivity (Wildman–Crippen MR) is 110 cm³/mol. The lowest BCUT2D eigenvalue weighted by Crippen LogP contribution is -2.47. The van der Waals surface area contributed by atoms with Crippen molar-refractivity contribution in [3.63, 3.8) is 0 Å². The molecule has 8 heteroatoms. The molecule has 164 valence electrons. The van der Waals surface area contributed by atoms with Gasteiger partial charge in [0.2, 0.25) is 0 Å². The van der Waals surface area contributed by atoms with E-state index in [1.54, 1.807) is 0 Å². The van der Waals surface area contributed by atoms with E-state index in [0.29, 0.717) is 25.8 Å². The molecule has 1 aliphatic carbocycles. The fourth-order valence-electron chi connectivity index (χ4n) is 4.43. The molecule has 1 amide bonds. The lowest BCUT2D eigenvalue weighted by atomic mass is 10.0. The lowest BCUT2D eigenvalue weighted by molar-refractivity contribution is -0.164. The normalized spacial score (nSPS) is 23.7. The number of unbranched alkanes of at least 4 members (excludes halogenated alkanes) is 1. The molecular weight excluding hydrogens is 386 g/mol. The number of carbonyl (C=O) groups excluding carboxylic acids is 3. The second-order valence-electron chi connectivity index (χ2n) is 8.09. The van der Waals surface area contributed by atoms with Crippen molar-refractivity contribution in [1.29, 1.82) is 0 Å². The molecule has 1 saturated carbocycles. The Bertz CT molecular complexity index is 742. The van der Waals surface area contributed by atoms with E-state index in [-0.39, 0.29) is 18.6 Å². The van der Waals surface area contributed by atoms with Gasteiger partial charge in [0, 0.05) is 6.04 Å². The van der Waals surface area contributed by atoms with Gasteiger partial charge in [-0.3, -0.25) is 4.90 Å². The molecule has 1 saturated heterocycles. The Morgan fingerprint density at radius 1 is 1.13 bits per heavy atom. The molecule has 8 nitrogen and oxygen atoms in total. The maximum atomic E-state index is 12.8. The minimum absolute atomic E-state index is 0.0563. The topological polar surface area (TPSA) is 125 Å². The smallest absolute Gasteiger partial charge is 0.411 e. The van der Waals surface area contributed by atoms with Crippen LogP contribution < -0.4 is 11.5 Å². The van der Waals surface area contributed by atoms with E-state index in [2.05, 4.69) is 0 Å². The number of nitrogens with two attached hydrogens (primary N) is 2. The van der Waals surface area contributed by atoms with Crippen LogP contribution in [0.3, 0.4) is 0 Å². The zero-order chi connectivity index (χ0) is 21.5. The van der Waals surface area contributed by atoms with Crippen molar-refractivity contribution in [2.45, 2.75) is 69.7 Å². The van der Waals surface area contributed by atoms with Crippen LogP contribution in [0, 0.1) is 5.92 Å². The second-order valence-corrected chi connectivity index (χ2v) is 8.09. The Morgan fingerprint density at radius 2 is 1.90 bits per heavy atom. The van der Waals surface area contributed by atoms with E-state index in [0.717, 1.165) is 31.2 Å². The largest absolute Gasteiger partial charge is 0.445 e. The van der Waals surface area contributed by atoms with Crippen LogP contribution in [0.25, 0.3) is 0 Å². The van der Waals surface area contributed by atoms with Gasteiger partial charge in [-0.1, -0.05) is 43.2 Å². The third kappa shape index (κ3) is 5.37. The molecule has 4 atom stereocenters. The number of benzene rings is 1. The Hall–Kier alpha value is -2.45. The number of ether oxygens (including phenoxy) is 2. The summed E-state index contributed by atoms with van der Waals surface area (Å²) >= 11 is 0. The Kier molecular flexibility index (Phi) is 7.81. The van der Waals surface area contributed by atoms with Gasteiger partial charge in [-0.2, -0.15) is 0 Å². The Morgan fingerprint density at radius 3 is 2.63 bits per heavy atom. The lowest BCUT2D eigenvalue weighted by Gasteiger charge is -2.27. The van der Waals surface area contributed by atoms with Crippen molar-refractivity contribution in [3.05, 3.63) is 35.9 Å². The minimum atomic E-state index is -0.875. The van der Waals surface area contributed by atoms with Gasteiger partial charge in [-0.05, 0) is 50.1 Å². The molecule has 0 bridgehead atoms. The number of likely N-dealkylation sites (tertiary alicyclic amines) is 1. The summed E-state index contributed by atoms with van der Waals surface area (Å²) in [5, 5.41) is 0. The monoisotopic (exact) mass is 417 g/mol. The highest BCUT2D eigenvalue weighted by Gasteiger charge is 2.50. The molecule has 2 aliphatic rings. The van der Waals surface area contributed by atoms with Gasteiger partial charge in [-0.15, -0.1) is 0 Å². The first kappa shape index (κ1) is 22.2. The van der Waals surface area contributed by atoms with Crippen LogP contribution in [0.4, 0.5) is 4.79 Å². The van der Waals surface area contributed by atoms with Gasteiger partial charge in [-0.25, -0.2) is 14.4 Å². The molecule has 1 aliphatic heterocycles. The number of nitrogens with zero attached hydrogens (tertiary/aromatic N) is 1. The zero-order valence-electron chi connectivity index (χ0n) is 17.2. The fourth-order valence-corrected chi connectivity index (χ4v) is 4.43. The summed E-state index contributed by atoms with van der Waals surface area (Å²) in [6.07, 6.45) is 4.56. The molecule has 2 fully saturated rings. The van der Waals surface area contributed by atoms with Gasteiger partial charge in [0.05, 0.1) is 0 Å². The first-order chi connectivity index (χ1) is 14.5.